The highest BCUT2D eigenvalue weighted by Gasteiger charge is 2.12. The smallest absolute Gasteiger partial charge is 0.246 e. The Kier molecular flexibility index (Phi) is 6.92. The van der Waals surface area contributed by atoms with Crippen molar-refractivity contribution < 1.29 is 19.0 Å². The van der Waals surface area contributed by atoms with Crippen LogP contribution in [0.15, 0.2) is 42.5 Å². The number of carbonyl (C=O) groups excluding carboxylic acids is 1. The van der Waals surface area contributed by atoms with Crippen LogP contribution in [0.3, 0.4) is 0 Å². The Morgan fingerprint density at radius 1 is 1.08 bits per heavy atom. The summed E-state index contributed by atoms with van der Waals surface area (Å²) in [7, 11) is 6.44. The topological polar surface area (TPSA) is 48.0 Å². The van der Waals surface area contributed by atoms with Crippen LogP contribution in [0.1, 0.15) is 11.1 Å². The third-order valence-electron chi connectivity index (χ3n) is 3.87. The molecular formula is C20H22ClNO4. The maximum atomic E-state index is 12.5. The molecule has 0 radical (unpaired) electrons. The Morgan fingerprint density at radius 3 is 2.46 bits per heavy atom. The number of ether oxygens (including phenoxy) is 3. The van der Waals surface area contributed by atoms with Gasteiger partial charge < -0.3 is 19.1 Å². The number of amides is 1. The first-order chi connectivity index (χ1) is 12.5. The number of hydrogen-bond acceptors (Lipinski definition) is 4. The van der Waals surface area contributed by atoms with Gasteiger partial charge in [0.1, 0.15) is 5.75 Å². The van der Waals surface area contributed by atoms with Gasteiger partial charge in [-0.05, 0) is 30.3 Å². The van der Waals surface area contributed by atoms with Crippen molar-refractivity contribution in [2.45, 2.75) is 6.54 Å². The molecule has 2 aromatic rings. The lowest BCUT2D eigenvalue weighted by atomic mass is 10.1. The molecule has 0 unspecified atom stereocenters. The molecule has 0 aliphatic heterocycles. The zero-order valence-corrected chi connectivity index (χ0v) is 16.0. The molecule has 0 aromatic heterocycles. The molecule has 2 aromatic carbocycles. The number of rotatable bonds is 7. The van der Waals surface area contributed by atoms with Gasteiger partial charge in [-0.1, -0.05) is 23.7 Å². The first-order valence-corrected chi connectivity index (χ1v) is 8.34. The molecule has 6 heteroatoms. The van der Waals surface area contributed by atoms with Crippen molar-refractivity contribution >= 4 is 23.6 Å². The van der Waals surface area contributed by atoms with Gasteiger partial charge in [-0.3, -0.25) is 4.79 Å². The van der Waals surface area contributed by atoms with Crippen LogP contribution in [0, 0.1) is 0 Å². The predicted molar refractivity (Wildman–Crippen MR) is 103 cm³/mol. The molecule has 0 heterocycles. The minimum absolute atomic E-state index is 0.156. The van der Waals surface area contributed by atoms with E-state index in [1.165, 1.54) is 6.08 Å². The van der Waals surface area contributed by atoms with E-state index in [1.807, 2.05) is 12.1 Å². The van der Waals surface area contributed by atoms with E-state index < -0.39 is 0 Å². The Balaban J connectivity index is 2.15. The van der Waals surface area contributed by atoms with Gasteiger partial charge in [0, 0.05) is 35.8 Å². The van der Waals surface area contributed by atoms with Crippen LogP contribution in [0.25, 0.3) is 6.08 Å². The average molecular weight is 376 g/mol. The van der Waals surface area contributed by atoms with Crippen LogP contribution in [0.5, 0.6) is 17.2 Å². The van der Waals surface area contributed by atoms with Gasteiger partial charge in [0.15, 0.2) is 11.5 Å². The van der Waals surface area contributed by atoms with Crippen LogP contribution in [-0.4, -0.2) is 39.2 Å². The van der Waals surface area contributed by atoms with E-state index in [-0.39, 0.29) is 5.91 Å². The van der Waals surface area contributed by atoms with Crippen molar-refractivity contribution in [2.75, 3.05) is 28.4 Å². The highest BCUT2D eigenvalue weighted by atomic mass is 35.5. The molecule has 26 heavy (non-hydrogen) atoms. The maximum absolute atomic E-state index is 12.5. The monoisotopic (exact) mass is 375 g/mol. The summed E-state index contributed by atoms with van der Waals surface area (Å²) in [5.74, 6) is 1.72. The van der Waals surface area contributed by atoms with Crippen molar-refractivity contribution in [2.24, 2.45) is 0 Å². The number of para-hydroxylation sites is 1. The Morgan fingerprint density at radius 2 is 1.81 bits per heavy atom. The summed E-state index contributed by atoms with van der Waals surface area (Å²) in [5.41, 5.74) is 1.59. The Labute approximate surface area is 158 Å². The summed E-state index contributed by atoms with van der Waals surface area (Å²) in [4.78, 5) is 14.0. The van der Waals surface area contributed by atoms with E-state index in [9.17, 15) is 4.79 Å². The molecule has 2 rings (SSSR count). The van der Waals surface area contributed by atoms with Gasteiger partial charge in [0.05, 0.1) is 21.3 Å². The molecule has 0 saturated carbocycles. The molecule has 138 valence electrons. The van der Waals surface area contributed by atoms with Crippen LogP contribution in [0.4, 0.5) is 0 Å². The molecular weight excluding hydrogens is 354 g/mol. The minimum Gasteiger partial charge on any atom is -0.496 e. The van der Waals surface area contributed by atoms with Crippen molar-refractivity contribution in [3.05, 3.63) is 58.6 Å². The third kappa shape index (κ3) is 4.70. The van der Waals surface area contributed by atoms with Gasteiger partial charge in [-0.25, -0.2) is 0 Å². The molecule has 0 aliphatic carbocycles. The maximum Gasteiger partial charge on any atom is 0.246 e. The fourth-order valence-corrected chi connectivity index (χ4v) is 2.73. The van der Waals surface area contributed by atoms with Gasteiger partial charge in [-0.2, -0.15) is 0 Å². The molecule has 0 atom stereocenters. The SMILES string of the molecule is COc1ccc(Cl)cc1CN(C)C(=O)/C=C/c1cccc(OC)c1OC. The molecule has 0 spiro atoms. The number of nitrogens with zero attached hydrogens (tertiary/aromatic N) is 1. The lowest BCUT2D eigenvalue weighted by Crippen LogP contribution is -2.24. The number of hydrogen-bond donors (Lipinski definition) is 0. The summed E-state index contributed by atoms with van der Waals surface area (Å²) in [6, 6.07) is 10.8. The highest BCUT2D eigenvalue weighted by Crippen LogP contribution is 2.31. The number of carbonyl (C=O) groups is 1. The van der Waals surface area contributed by atoms with Gasteiger partial charge in [0.2, 0.25) is 5.91 Å². The second-order valence-electron chi connectivity index (χ2n) is 5.57. The van der Waals surface area contributed by atoms with Gasteiger partial charge >= 0.3 is 0 Å². The summed E-state index contributed by atoms with van der Waals surface area (Å²) in [6.45, 7) is 0.377. The first kappa shape index (κ1) is 19.7. The lowest BCUT2D eigenvalue weighted by Gasteiger charge is -2.17. The number of benzene rings is 2. The fraction of sp³-hybridized carbons (Fsp3) is 0.250. The van der Waals surface area contributed by atoms with E-state index >= 15 is 0 Å². The van der Waals surface area contributed by atoms with Gasteiger partial charge in [-0.15, -0.1) is 0 Å². The standard InChI is InChI=1S/C20H22ClNO4/c1-22(13-15-12-16(21)9-10-17(15)24-2)19(23)11-8-14-6-5-7-18(25-3)20(14)26-4/h5-12H,13H2,1-4H3/b11-8+. The molecule has 0 N–H and O–H groups in total. The van der Waals surface area contributed by atoms with Crippen LogP contribution in [-0.2, 0) is 11.3 Å². The van der Waals surface area contributed by atoms with E-state index in [4.69, 9.17) is 25.8 Å². The molecule has 0 bridgehead atoms. The largest absolute Gasteiger partial charge is 0.496 e. The van der Waals surface area contributed by atoms with Crippen molar-refractivity contribution in [3.63, 3.8) is 0 Å². The molecule has 0 saturated heterocycles. The van der Waals surface area contributed by atoms with Crippen molar-refractivity contribution in [1.82, 2.24) is 4.90 Å². The summed E-state index contributed by atoms with van der Waals surface area (Å²) in [5, 5.41) is 0.596. The minimum atomic E-state index is -0.156. The lowest BCUT2D eigenvalue weighted by molar-refractivity contribution is -0.125. The van der Waals surface area contributed by atoms with E-state index in [0.29, 0.717) is 28.8 Å². The van der Waals surface area contributed by atoms with Crippen molar-refractivity contribution in [3.8, 4) is 17.2 Å². The first-order valence-electron chi connectivity index (χ1n) is 7.96. The molecule has 0 aliphatic rings. The zero-order valence-electron chi connectivity index (χ0n) is 15.3. The summed E-state index contributed by atoms with van der Waals surface area (Å²) >= 11 is 6.04. The van der Waals surface area contributed by atoms with Crippen LogP contribution in [0.2, 0.25) is 5.02 Å². The predicted octanol–water partition coefficient (Wildman–Crippen LogP) is 4.04. The number of methoxy groups -OCH3 is 3. The molecule has 0 fully saturated rings. The quantitative estimate of drug-likeness (QED) is 0.685. The fourth-order valence-electron chi connectivity index (χ4n) is 2.54. The zero-order chi connectivity index (χ0) is 19.1. The Bertz CT molecular complexity index is 804. The Hall–Kier alpha value is -2.66. The third-order valence-corrected chi connectivity index (χ3v) is 4.10. The van der Waals surface area contributed by atoms with Crippen LogP contribution >= 0.6 is 11.6 Å². The average Bonchev–Trinajstić information content (AvgIpc) is 2.65. The van der Waals surface area contributed by atoms with Gasteiger partial charge in [0.25, 0.3) is 0 Å². The summed E-state index contributed by atoms with van der Waals surface area (Å²) in [6.07, 6.45) is 3.20. The molecule has 1 amide bonds. The van der Waals surface area contributed by atoms with Crippen molar-refractivity contribution in [1.29, 1.82) is 0 Å². The summed E-state index contributed by atoms with van der Waals surface area (Å²) < 4.78 is 16.0. The van der Waals surface area contributed by atoms with E-state index in [2.05, 4.69) is 0 Å². The normalized spacial score (nSPS) is 10.7. The number of likely N-dealkylation sites (N-methyl/N-ethyl adjacent to an activating group) is 1. The highest BCUT2D eigenvalue weighted by molar-refractivity contribution is 6.30. The second-order valence-corrected chi connectivity index (χ2v) is 6.00. The molecule has 5 nitrogen and oxygen atoms in total. The van der Waals surface area contributed by atoms with E-state index in [1.54, 1.807) is 63.6 Å². The number of halogens is 1. The van der Waals surface area contributed by atoms with Crippen LogP contribution < -0.4 is 14.2 Å². The van der Waals surface area contributed by atoms with E-state index in [0.717, 1.165) is 11.1 Å². The second kappa shape index (κ2) is 9.15.